The SMILES string of the molecule is c1cncc(-c2ccc(-c3nc(-c4ccc(-c5cccnc5)nc4)nc(-c4cccc(-c5nc6ccccc6c6c7ccccc7c7ccccc7c56)c4)n3)cn2)c1. The maximum atomic E-state index is 5.38. The molecule has 0 saturated heterocycles. The molecule has 0 bridgehead atoms. The molecule has 0 unspecified atom stereocenters. The molecule has 0 fully saturated rings. The first-order chi connectivity index (χ1) is 28.7. The zero-order valence-electron chi connectivity index (χ0n) is 30.9. The highest BCUT2D eigenvalue weighted by Crippen LogP contribution is 2.43. The molecule has 0 N–H and O–H groups in total. The standard InChI is InChI=1S/C50H30N8/c1-3-16-39-37(14-1)38-15-2-4-17-40(38)46-45(39)41-18-5-6-19-44(41)55-47(46)31-10-7-11-32(26-31)48-56-49(35-20-22-42(53-29-35)33-12-8-24-51-27-33)58-50(57-48)36-21-23-43(54-30-36)34-13-9-25-52-28-34/h1-30H. The summed E-state index contributed by atoms with van der Waals surface area (Å²) in [6.45, 7) is 0. The van der Waals surface area contributed by atoms with Crippen LogP contribution in [0.3, 0.4) is 0 Å². The van der Waals surface area contributed by atoms with Crippen molar-refractivity contribution in [1.82, 2.24) is 39.9 Å². The number of nitrogens with zero attached hydrogens (tertiary/aromatic N) is 8. The normalized spacial score (nSPS) is 11.4. The minimum absolute atomic E-state index is 0.499. The van der Waals surface area contributed by atoms with Crippen molar-refractivity contribution in [1.29, 1.82) is 0 Å². The lowest BCUT2D eigenvalue weighted by Gasteiger charge is -2.16. The van der Waals surface area contributed by atoms with Gasteiger partial charge in [0.05, 0.1) is 22.6 Å². The Balaban J connectivity index is 1.10. The number of fused-ring (bicyclic) bond motifs is 8. The molecule has 8 heteroatoms. The molecule has 6 aromatic heterocycles. The molecule has 0 spiro atoms. The fraction of sp³-hybridized carbons (Fsp3) is 0. The van der Waals surface area contributed by atoms with Crippen molar-refractivity contribution in [3.05, 3.63) is 183 Å². The second kappa shape index (κ2) is 13.9. The number of para-hydroxylation sites is 1. The van der Waals surface area contributed by atoms with Gasteiger partial charge < -0.3 is 0 Å². The Morgan fingerprint density at radius 1 is 0.310 bits per heavy atom. The van der Waals surface area contributed by atoms with Gasteiger partial charge >= 0.3 is 0 Å². The first-order valence-corrected chi connectivity index (χ1v) is 19.0. The highest BCUT2D eigenvalue weighted by Gasteiger charge is 2.19. The van der Waals surface area contributed by atoms with Crippen molar-refractivity contribution < 1.29 is 0 Å². The van der Waals surface area contributed by atoms with Crippen molar-refractivity contribution in [2.45, 2.75) is 0 Å². The summed E-state index contributed by atoms with van der Waals surface area (Å²) >= 11 is 0. The maximum Gasteiger partial charge on any atom is 0.165 e. The molecule has 0 saturated carbocycles. The van der Waals surface area contributed by atoms with E-state index in [1.54, 1.807) is 37.2 Å². The summed E-state index contributed by atoms with van der Waals surface area (Å²) in [6.07, 6.45) is 10.7. The van der Waals surface area contributed by atoms with Crippen LogP contribution in [0.25, 0.3) is 111 Å². The number of pyridine rings is 5. The van der Waals surface area contributed by atoms with Gasteiger partial charge in [-0.05, 0) is 82.2 Å². The van der Waals surface area contributed by atoms with E-state index in [4.69, 9.17) is 29.9 Å². The van der Waals surface area contributed by atoms with Crippen molar-refractivity contribution in [2.75, 3.05) is 0 Å². The van der Waals surface area contributed by atoms with E-state index in [0.29, 0.717) is 17.5 Å². The van der Waals surface area contributed by atoms with Gasteiger partial charge in [-0.15, -0.1) is 0 Å². The maximum absolute atomic E-state index is 5.38. The van der Waals surface area contributed by atoms with Crippen LogP contribution in [0.4, 0.5) is 0 Å². The number of hydrogen-bond acceptors (Lipinski definition) is 8. The number of aromatic nitrogens is 8. The van der Waals surface area contributed by atoms with Gasteiger partial charge in [-0.25, -0.2) is 19.9 Å². The van der Waals surface area contributed by atoms with E-state index in [9.17, 15) is 0 Å². The fourth-order valence-electron chi connectivity index (χ4n) is 7.83. The Labute approximate surface area is 332 Å². The number of benzene rings is 5. The Morgan fingerprint density at radius 2 is 0.810 bits per heavy atom. The Hall–Kier alpha value is -8.10. The molecule has 11 rings (SSSR count). The molecule has 0 amide bonds. The summed E-state index contributed by atoms with van der Waals surface area (Å²) in [6, 6.07) is 49.7. The van der Waals surface area contributed by atoms with Crippen LogP contribution in [0, 0.1) is 0 Å². The molecule has 0 aliphatic rings. The quantitative estimate of drug-likeness (QED) is 0.155. The van der Waals surface area contributed by atoms with Crippen LogP contribution in [0.1, 0.15) is 0 Å². The van der Waals surface area contributed by atoms with Gasteiger partial charge in [0, 0.05) is 86.7 Å². The molecule has 11 aromatic rings. The lowest BCUT2D eigenvalue weighted by molar-refractivity contribution is 1.07. The summed E-state index contributed by atoms with van der Waals surface area (Å²) in [5.41, 5.74) is 8.62. The second-order valence-corrected chi connectivity index (χ2v) is 14.1. The number of hydrogen-bond donors (Lipinski definition) is 0. The summed E-state index contributed by atoms with van der Waals surface area (Å²) in [5.74, 6) is 1.52. The predicted molar refractivity (Wildman–Crippen MR) is 231 cm³/mol. The third-order valence-electron chi connectivity index (χ3n) is 10.6. The van der Waals surface area contributed by atoms with Crippen LogP contribution < -0.4 is 0 Å². The van der Waals surface area contributed by atoms with Crippen LogP contribution in [-0.2, 0) is 0 Å². The van der Waals surface area contributed by atoms with E-state index in [1.807, 2.05) is 60.7 Å². The van der Waals surface area contributed by atoms with Gasteiger partial charge in [-0.3, -0.25) is 19.9 Å². The van der Waals surface area contributed by atoms with Crippen LogP contribution >= 0.6 is 0 Å². The monoisotopic (exact) mass is 742 g/mol. The molecule has 0 aliphatic heterocycles. The van der Waals surface area contributed by atoms with E-state index in [0.717, 1.165) is 72.1 Å². The van der Waals surface area contributed by atoms with Gasteiger partial charge in [0.15, 0.2) is 17.5 Å². The smallest absolute Gasteiger partial charge is 0.165 e. The van der Waals surface area contributed by atoms with Gasteiger partial charge in [0.2, 0.25) is 0 Å². The lowest BCUT2D eigenvalue weighted by atomic mass is 9.90. The third-order valence-corrected chi connectivity index (χ3v) is 10.6. The van der Waals surface area contributed by atoms with Gasteiger partial charge in [0.25, 0.3) is 0 Å². The zero-order chi connectivity index (χ0) is 38.4. The molecule has 0 radical (unpaired) electrons. The Bertz CT molecular complexity index is 3220. The molecular formula is C50H30N8. The summed E-state index contributed by atoms with van der Waals surface area (Å²) in [5, 5.41) is 8.19. The van der Waals surface area contributed by atoms with E-state index in [2.05, 4.69) is 94.9 Å². The molecule has 5 aromatic carbocycles. The van der Waals surface area contributed by atoms with Crippen LogP contribution in [0.15, 0.2) is 183 Å². The number of rotatable bonds is 6. The van der Waals surface area contributed by atoms with Gasteiger partial charge in [0.1, 0.15) is 0 Å². The average Bonchev–Trinajstić information content (AvgIpc) is 3.31. The van der Waals surface area contributed by atoms with Crippen molar-refractivity contribution in [3.63, 3.8) is 0 Å². The summed E-state index contributed by atoms with van der Waals surface area (Å²) < 4.78 is 0. The van der Waals surface area contributed by atoms with Gasteiger partial charge in [-0.2, -0.15) is 0 Å². The molecule has 0 atom stereocenters. The second-order valence-electron chi connectivity index (χ2n) is 14.1. The lowest BCUT2D eigenvalue weighted by Crippen LogP contribution is -2.01. The zero-order valence-corrected chi connectivity index (χ0v) is 30.9. The highest BCUT2D eigenvalue weighted by molar-refractivity contribution is 6.33. The average molecular weight is 743 g/mol. The van der Waals surface area contributed by atoms with Crippen LogP contribution in [0.5, 0.6) is 0 Å². The van der Waals surface area contributed by atoms with E-state index >= 15 is 0 Å². The highest BCUT2D eigenvalue weighted by atomic mass is 15.0. The topological polar surface area (TPSA) is 103 Å². The van der Waals surface area contributed by atoms with Crippen molar-refractivity contribution >= 4 is 43.2 Å². The van der Waals surface area contributed by atoms with Crippen molar-refractivity contribution in [3.8, 4) is 67.9 Å². The largest absolute Gasteiger partial charge is 0.264 e. The van der Waals surface area contributed by atoms with E-state index in [-0.39, 0.29) is 0 Å². The Morgan fingerprint density at radius 3 is 1.36 bits per heavy atom. The summed E-state index contributed by atoms with van der Waals surface area (Å²) in [4.78, 5) is 38.6. The van der Waals surface area contributed by atoms with Crippen molar-refractivity contribution in [2.24, 2.45) is 0 Å². The fourth-order valence-corrected chi connectivity index (χ4v) is 7.83. The van der Waals surface area contributed by atoms with E-state index < -0.39 is 0 Å². The Kier molecular flexibility index (Phi) is 7.96. The molecule has 6 heterocycles. The molecule has 270 valence electrons. The molecule has 0 aliphatic carbocycles. The molecule has 58 heavy (non-hydrogen) atoms. The first-order valence-electron chi connectivity index (χ1n) is 19.0. The summed E-state index contributed by atoms with van der Waals surface area (Å²) in [7, 11) is 0. The third kappa shape index (κ3) is 5.79. The molecular weight excluding hydrogens is 713 g/mol. The van der Waals surface area contributed by atoms with Gasteiger partial charge in [-0.1, -0.05) is 84.9 Å². The molecule has 8 nitrogen and oxygen atoms in total. The predicted octanol–water partition coefficient (Wildman–Crippen LogP) is 11.5. The minimum atomic E-state index is 0.499. The first kappa shape index (κ1) is 33.3. The van der Waals surface area contributed by atoms with E-state index in [1.165, 1.54) is 21.5 Å². The minimum Gasteiger partial charge on any atom is -0.264 e. The van der Waals surface area contributed by atoms with Crippen LogP contribution in [0.2, 0.25) is 0 Å². The van der Waals surface area contributed by atoms with Crippen LogP contribution in [-0.4, -0.2) is 39.9 Å².